The Bertz CT molecular complexity index is 116. The number of carbonyl (C=O) groups excluding carboxylic acids is 1. The Morgan fingerprint density at radius 1 is 1.27 bits per heavy atom. The van der Waals surface area contributed by atoms with Gasteiger partial charge in [0.2, 0.25) is 0 Å². The molecule has 0 bridgehead atoms. The second-order valence-corrected chi connectivity index (χ2v) is 2.54. The van der Waals surface area contributed by atoms with Gasteiger partial charge in [0.15, 0.2) is 0 Å². The smallest absolute Gasteiger partial charge is 0.149 e. The van der Waals surface area contributed by atoms with E-state index in [9.17, 15) is 4.79 Å². The molecule has 66 valence electrons. The van der Waals surface area contributed by atoms with Crippen LogP contribution in [0.3, 0.4) is 0 Å². The average molecular weight is 159 g/mol. The second-order valence-electron chi connectivity index (χ2n) is 2.54. The lowest BCUT2D eigenvalue weighted by Crippen LogP contribution is -2.32. The number of Topliss-reactive ketones (excluding diaryl/α,β-unsaturated/α-hetero) is 1. The molecule has 0 aromatic carbocycles. The number of ketones is 1. The van der Waals surface area contributed by atoms with Gasteiger partial charge in [-0.05, 0) is 25.9 Å². The third kappa shape index (κ3) is 4.89. The SMILES string of the molecule is NCCCC(=O)C(N)CCN. The van der Waals surface area contributed by atoms with E-state index in [-0.39, 0.29) is 11.8 Å². The Hall–Kier alpha value is -0.450. The molecule has 4 nitrogen and oxygen atoms in total. The molecule has 1 atom stereocenters. The summed E-state index contributed by atoms with van der Waals surface area (Å²) in [5.74, 6) is 0.0703. The fraction of sp³-hybridized carbons (Fsp3) is 0.857. The number of carbonyl (C=O) groups is 1. The van der Waals surface area contributed by atoms with Crippen LogP contribution >= 0.6 is 0 Å². The van der Waals surface area contributed by atoms with Crippen LogP contribution in [-0.2, 0) is 4.79 Å². The maximum absolute atomic E-state index is 11.1. The normalized spacial score (nSPS) is 13.0. The number of nitrogens with two attached hydrogens (primary N) is 3. The highest BCUT2D eigenvalue weighted by molar-refractivity contribution is 5.83. The van der Waals surface area contributed by atoms with Crippen LogP contribution in [0.25, 0.3) is 0 Å². The summed E-state index contributed by atoms with van der Waals surface area (Å²) in [5.41, 5.74) is 16.0. The van der Waals surface area contributed by atoms with Gasteiger partial charge in [0, 0.05) is 6.42 Å². The Morgan fingerprint density at radius 2 is 1.91 bits per heavy atom. The van der Waals surface area contributed by atoms with Gasteiger partial charge in [-0.3, -0.25) is 4.79 Å². The van der Waals surface area contributed by atoms with Gasteiger partial charge in [-0.25, -0.2) is 0 Å². The standard InChI is InChI=1S/C7H17N3O/c8-4-1-2-7(11)6(10)3-5-9/h6H,1-5,8-10H2. The lowest BCUT2D eigenvalue weighted by molar-refractivity contribution is -0.120. The Morgan fingerprint density at radius 3 is 2.36 bits per heavy atom. The molecule has 4 heteroatoms. The van der Waals surface area contributed by atoms with Crippen LogP contribution in [0.5, 0.6) is 0 Å². The van der Waals surface area contributed by atoms with Crippen molar-refractivity contribution < 1.29 is 4.79 Å². The fourth-order valence-corrected chi connectivity index (χ4v) is 0.802. The molecule has 6 N–H and O–H groups in total. The van der Waals surface area contributed by atoms with E-state index in [0.29, 0.717) is 25.9 Å². The van der Waals surface area contributed by atoms with Crippen molar-refractivity contribution in [3.8, 4) is 0 Å². The predicted molar refractivity (Wildman–Crippen MR) is 44.9 cm³/mol. The molecular formula is C7H17N3O. The zero-order valence-corrected chi connectivity index (χ0v) is 6.75. The highest BCUT2D eigenvalue weighted by atomic mass is 16.1. The molecule has 0 aliphatic carbocycles. The first-order valence-corrected chi connectivity index (χ1v) is 3.90. The molecule has 0 aromatic heterocycles. The van der Waals surface area contributed by atoms with Crippen LogP contribution in [0, 0.1) is 0 Å². The molecular weight excluding hydrogens is 142 g/mol. The van der Waals surface area contributed by atoms with Crippen LogP contribution < -0.4 is 17.2 Å². The molecule has 11 heavy (non-hydrogen) atoms. The van der Waals surface area contributed by atoms with Crippen LogP contribution in [0.4, 0.5) is 0 Å². The van der Waals surface area contributed by atoms with Crippen LogP contribution in [0.1, 0.15) is 19.3 Å². The maximum Gasteiger partial charge on any atom is 0.149 e. The number of rotatable bonds is 6. The summed E-state index contributed by atoms with van der Waals surface area (Å²) in [5, 5.41) is 0. The van der Waals surface area contributed by atoms with Gasteiger partial charge in [-0.15, -0.1) is 0 Å². The molecule has 0 amide bonds. The van der Waals surface area contributed by atoms with Crippen molar-refractivity contribution in [2.75, 3.05) is 13.1 Å². The number of hydrogen-bond donors (Lipinski definition) is 3. The fourth-order valence-electron chi connectivity index (χ4n) is 0.802. The number of hydrogen-bond acceptors (Lipinski definition) is 4. The highest BCUT2D eigenvalue weighted by Crippen LogP contribution is 1.95. The molecule has 0 radical (unpaired) electrons. The first-order chi connectivity index (χ1) is 5.22. The van der Waals surface area contributed by atoms with Gasteiger partial charge in [0.05, 0.1) is 6.04 Å². The van der Waals surface area contributed by atoms with E-state index in [2.05, 4.69) is 0 Å². The molecule has 0 fully saturated rings. The minimum atomic E-state index is -0.383. The van der Waals surface area contributed by atoms with Crippen molar-refractivity contribution in [2.24, 2.45) is 17.2 Å². The Balaban J connectivity index is 3.47. The summed E-state index contributed by atoms with van der Waals surface area (Å²) < 4.78 is 0. The zero-order chi connectivity index (χ0) is 8.69. The van der Waals surface area contributed by atoms with E-state index in [4.69, 9.17) is 17.2 Å². The van der Waals surface area contributed by atoms with Gasteiger partial charge in [-0.2, -0.15) is 0 Å². The van der Waals surface area contributed by atoms with E-state index >= 15 is 0 Å². The molecule has 0 rings (SSSR count). The van der Waals surface area contributed by atoms with Gasteiger partial charge in [0.25, 0.3) is 0 Å². The Labute approximate surface area is 67.1 Å². The van der Waals surface area contributed by atoms with Crippen molar-refractivity contribution in [1.82, 2.24) is 0 Å². The lowest BCUT2D eigenvalue weighted by atomic mass is 10.1. The molecule has 0 aliphatic rings. The van der Waals surface area contributed by atoms with Crippen LogP contribution in [0.15, 0.2) is 0 Å². The largest absolute Gasteiger partial charge is 0.330 e. The third-order valence-corrected chi connectivity index (χ3v) is 1.52. The monoisotopic (exact) mass is 159 g/mol. The molecule has 0 heterocycles. The third-order valence-electron chi connectivity index (χ3n) is 1.52. The van der Waals surface area contributed by atoms with E-state index in [1.54, 1.807) is 0 Å². The van der Waals surface area contributed by atoms with Crippen LogP contribution in [0.2, 0.25) is 0 Å². The summed E-state index contributed by atoms with van der Waals surface area (Å²) in [4.78, 5) is 11.1. The van der Waals surface area contributed by atoms with E-state index in [1.165, 1.54) is 0 Å². The lowest BCUT2D eigenvalue weighted by Gasteiger charge is -2.07. The summed E-state index contributed by atoms with van der Waals surface area (Å²) >= 11 is 0. The molecule has 0 spiro atoms. The molecule has 0 aliphatic heterocycles. The van der Waals surface area contributed by atoms with Gasteiger partial charge in [0.1, 0.15) is 5.78 Å². The van der Waals surface area contributed by atoms with Gasteiger partial charge in [-0.1, -0.05) is 0 Å². The van der Waals surface area contributed by atoms with Crippen molar-refractivity contribution in [2.45, 2.75) is 25.3 Å². The van der Waals surface area contributed by atoms with Gasteiger partial charge < -0.3 is 17.2 Å². The minimum Gasteiger partial charge on any atom is -0.330 e. The summed E-state index contributed by atoms with van der Waals surface area (Å²) in [6.45, 7) is 1.01. The highest BCUT2D eigenvalue weighted by Gasteiger charge is 2.10. The van der Waals surface area contributed by atoms with E-state index in [1.807, 2.05) is 0 Å². The van der Waals surface area contributed by atoms with E-state index in [0.717, 1.165) is 6.42 Å². The van der Waals surface area contributed by atoms with Crippen molar-refractivity contribution in [3.63, 3.8) is 0 Å². The van der Waals surface area contributed by atoms with Crippen LogP contribution in [-0.4, -0.2) is 24.9 Å². The molecule has 0 saturated heterocycles. The summed E-state index contributed by atoms with van der Waals surface area (Å²) in [6, 6.07) is -0.383. The predicted octanol–water partition coefficient (Wildman–Crippen LogP) is -1.03. The Kier molecular flexibility index (Phi) is 6.02. The first-order valence-electron chi connectivity index (χ1n) is 3.90. The average Bonchev–Trinajstić information content (AvgIpc) is 2.00. The minimum absolute atomic E-state index is 0.0703. The van der Waals surface area contributed by atoms with Gasteiger partial charge >= 0.3 is 0 Å². The topological polar surface area (TPSA) is 95.1 Å². The molecule has 0 saturated carbocycles. The second kappa shape index (κ2) is 6.27. The zero-order valence-electron chi connectivity index (χ0n) is 6.75. The first kappa shape index (κ1) is 10.6. The quantitative estimate of drug-likeness (QED) is 0.462. The van der Waals surface area contributed by atoms with Crippen molar-refractivity contribution in [1.29, 1.82) is 0 Å². The summed E-state index contributed by atoms with van der Waals surface area (Å²) in [6.07, 6.45) is 1.78. The maximum atomic E-state index is 11.1. The van der Waals surface area contributed by atoms with Crippen molar-refractivity contribution >= 4 is 5.78 Å². The molecule has 0 aromatic rings. The van der Waals surface area contributed by atoms with E-state index < -0.39 is 0 Å². The molecule has 1 unspecified atom stereocenters. The van der Waals surface area contributed by atoms with Crippen molar-refractivity contribution in [3.05, 3.63) is 0 Å². The summed E-state index contributed by atoms with van der Waals surface area (Å²) in [7, 11) is 0.